The molecule has 4 rings (SSSR count). The molecule has 0 aliphatic rings. The number of thiophene rings is 1. The van der Waals surface area contributed by atoms with Crippen LogP contribution in [0.1, 0.15) is 5.56 Å². The van der Waals surface area contributed by atoms with Gasteiger partial charge in [0, 0.05) is 15.6 Å². The van der Waals surface area contributed by atoms with Crippen molar-refractivity contribution in [1.82, 2.24) is 0 Å². The number of nitrogens with two attached hydrogens (primary N) is 1. The molecule has 0 saturated carbocycles. The fourth-order valence-corrected chi connectivity index (χ4v) is 5.13. The number of aryl methyl sites for hydroxylation is 1. The van der Waals surface area contributed by atoms with Crippen LogP contribution in [0, 0.1) is 6.92 Å². The second-order valence-electron chi connectivity index (χ2n) is 5.30. The highest BCUT2D eigenvalue weighted by atomic mass is 32.2. The van der Waals surface area contributed by atoms with Gasteiger partial charge in [0.25, 0.3) is 0 Å². The van der Waals surface area contributed by atoms with E-state index in [1.807, 2.05) is 55.5 Å². The fourth-order valence-electron chi connectivity index (χ4n) is 2.69. The summed E-state index contributed by atoms with van der Waals surface area (Å²) in [5.74, 6) is 0. The predicted octanol–water partition coefficient (Wildman–Crippen LogP) is 5.03. The van der Waals surface area contributed by atoms with E-state index >= 15 is 0 Å². The highest BCUT2D eigenvalue weighted by Crippen LogP contribution is 2.42. The molecular weight excluding hydrogens is 310 g/mol. The van der Waals surface area contributed by atoms with Crippen molar-refractivity contribution >= 4 is 47.2 Å². The summed E-state index contributed by atoms with van der Waals surface area (Å²) in [7, 11) is 0. The van der Waals surface area contributed by atoms with Crippen LogP contribution in [0.25, 0.3) is 30.6 Å². The summed E-state index contributed by atoms with van der Waals surface area (Å²) >= 11 is 3.14. The van der Waals surface area contributed by atoms with Gasteiger partial charge in [-0.15, -0.1) is 22.7 Å². The van der Waals surface area contributed by atoms with Gasteiger partial charge in [0.05, 0.1) is 14.4 Å². The maximum atomic E-state index is 12.9. The molecule has 0 radical (unpaired) electrons. The fraction of sp³-hybridized carbons (Fsp3) is 0.0556. The lowest BCUT2D eigenvalue weighted by Gasteiger charge is -2.03. The minimum absolute atomic E-state index is 0.0767. The molecule has 0 aliphatic heterocycles. The topological polar surface area (TPSA) is 43.1 Å². The molecule has 2 N–H and O–H groups in total. The molecule has 4 aromatic rings. The number of anilines is 1. The maximum absolute atomic E-state index is 12.9. The number of benzene rings is 2. The van der Waals surface area contributed by atoms with Gasteiger partial charge in [0.2, 0.25) is 0 Å². The van der Waals surface area contributed by atoms with Crippen LogP contribution in [0.4, 0.5) is 5.00 Å². The molecule has 108 valence electrons. The Kier molecular flexibility index (Phi) is 3.03. The molecule has 0 aliphatic carbocycles. The average molecular weight is 323 g/mol. The number of rotatable bonds is 1. The third-order valence-electron chi connectivity index (χ3n) is 3.80. The summed E-state index contributed by atoms with van der Waals surface area (Å²) < 4.78 is 2.01. The molecule has 0 fully saturated rings. The number of hydrogen-bond acceptors (Lipinski definition) is 4. The largest absolute Gasteiger partial charge is 0.390 e. The lowest BCUT2D eigenvalue weighted by atomic mass is 10.0. The van der Waals surface area contributed by atoms with E-state index < -0.39 is 0 Å². The van der Waals surface area contributed by atoms with Crippen LogP contribution in [0.3, 0.4) is 0 Å². The summed E-state index contributed by atoms with van der Waals surface area (Å²) in [6.45, 7) is 2.05. The molecule has 0 amide bonds. The van der Waals surface area contributed by atoms with Gasteiger partial charge in [0.1, 0.15) is 0 Å². The van der Waals surface area contributed by atoms with Crippen LogP contribution in [0.15, 0.2) is 53.3 Å². The minimum atomic E-state index is 0.0767. The van der Waals surface area contributed by atoms with Crippen molar-refractivity contribution in [3.8, 4) is 11.1 Å². The van der Waals surface area contributed by atoms with Crippen molar-refractivity contribution in [2.24, 2.45) is 0 Å². The summed E-state index contributed by atoms with van der Waals surface area (Å²) in [4.78, 5) is 12.9. The molecule has 2 nitrogen and oxygen atoms in total. The first-order valence-electron chi connectivity index (χ1n) is 6.96. The minimum Gasteiger partial charge on any atom is -0.390 e. The molecule has 4 heteroatoms. The van der Waals surface area contributed by atoms with Crippen LogP contribution in [0.2, 0.25) is 0 Å². The predicted molar refractivity (Wildman–Crippen MR) is 98.1 cm³/mol. The van der Waals surface area contributed by atoms with Crippen molar-refractivity contribution in [1.29, 1.82) is 0 Å². The summed E-state index contributed by atoms with van der Waals surface area (Å²) in [6, 6.07) is 15.9. The van der Waals surface area contributed by atoms with Gasteiger partial charge in [-0.1, -0.05) is 42.0 Å². The zero-order chi connectivity index (χ0) is 15.3. The standard InChI is InChI=1S/C18H13NOS2/c1-10-6-8-11(9-7-10)14-15-16(20)12-4-2-3-5-13(12)21-18(15)22-17(14)19/h2-9H,19H2,1H3. The Morgan fingerprint density at radius 3 is 2.45 bits per heavy atom. The van der Waals surface area contributed by atoms with E-state index in [4.69, 9.17) is 5.73 Å². The average Bonchev–Trinajstić information content (AvgIpc) is 2.85. The SMILES string of the molecule is Cc1ccc(-c2c(N)sc3sc4ccccc4c(=O)c23)cc1. The van der Waals surface area contributed by atoms with Crippen molar-refractivity contribution in [3.05, 3.63) is 64.3 Å². The van der Waals surface area contributed by atoms with E-state index in [1.165, 1.54) is 16.9 Å². The van der Waals surface area contributed by atoms with Crippen LogP contribution in [-0.4, -0.2) is 0 Å². The lowest BCUT2D eigenvalue weighted by Crippen LogP contribution is -2.01. The highest BCUT2D eigenvalue weighted by molar-refractivity contribution is 7.42. The lowest BCUT2D eigenvalue weighted by molar-refractivity contribution is 1.47. The van der Waals surface area contributed by atoms with Crippen molar-refractivity contribution in [2.75, 3.05) is 5.73 Å². The Balaban J connectivity index is 2.15. The third-order valence-corrected chi connectivity index (χ3v) is 6.08. The molecule has 2 aromatic carbocycles. The maximum Gasteiger partial charge on any atom is 0.197 e. The molecule has 2 heterocycles. The van der Waals surface area contributed by atoms with Gasteiger partial charge < -0.3 is 5.73 Å². The van der Waals surface area contributed by atoms with Crippen LogP contribution in [-0.2, 0) is 0 Å². The Morgan fingerprint density at radius 2 is 1.68 bits per heavy atom. The van der Waals surface area contributed by atoms with Crippen LogP contribution >= 0.6 is 22.7 Å². The van der Waals surface area contributed by atoms with Crippen LogP contribution in [0.5, 0.6) is 0 Å². The van der Waals surface area contributed by atoms with Gasteiger partial charge in [0.15, 0.2) is 5.43 Å². The molecule has 0 bridgehead atoms. The van der Waals surface area contributed by atoms with E-state index in [1.54, 1.807) is 11.3 Å². The van der Waals surface area contributed by atoms with E-state index in [0.717, 1.165) is 30.6 Å². The first-order chi connectivity index (χ1) is 10.6. The molecule has 0 unspecified atom stereocenters. The Hall–Kier alpha value is -2.17. The zero-order valence-electron chi connectivity index (χ0n) is 11.9. The van der Waals surface area contributed by atoms with E-state index in [0.29, 0.717) is 5.00 Å². The molecule has 0 spiro atoms. The van der Waals surface area contributed by atoms with E-state index in [9.17, 15) is 4.79 Å². The van der Waals surface area contributed by atoms with Gasteiger partial charge in [-0.2, -0.15) is 0 Å². The van der Waals surface area contributed by atoms with E-state index in [2.05, 4.69) is 0 Å². The number of hydrogen-bond donors (Lipinski definition) is 1. The molecule has 22 heavy (non-hydrogen) atoms. The summed E-state index contributed by atoms with van der Waals surface area (Å²) in [5.41, 5.74) is 9.40. The number of fused-ring (bicyclic) bond motifs is 2. The Labute approximate surface area is 135 Å². The Bertz CT molecular complexity index is 1060. The quantitative estimate of drug-likeness (QED) is 0.533. The normalized spacial score (nSPS) is 11.3. The first kappa shape index (κ1) is 13.5. The summed E-state index contributed by atoms with van der Waals surface area (Å²) in [5, 5.41) is 2.24. The van der Waals surface area contributed by atoms with Gasteiger partial charge in [-0.3, -0.25) is 4.79 Å². The van der Waals surface area contributed by atoms with Crippen molar-refractivity contribution in [3.63, 3.8) is 0 Å². The van der Waals surface area contributed by atoms with Gasteiger partial charge >= 0.3 is 0 Å². The monoisotopic (exact) mass is 323 g/mol. The van der Waals surface area contributed by atoms with Gasteiger partial charge in [-0.05, 0) is 24.6 Å². The smallest absolute Gasteiger partial charge is 0.197 e. The first-order valence-corrected chi connectivity index (χ1v) is 8.59. The number of nitrogen functional groups attached to an aromatic ring is 1. The second kappa shape index (κ2) is 4.93. The molecular formula is C18H13NOS2. The van der Waals surface area contributed by atoms with E-state index in [-0.39, 0.29) is 5.43 Å². The molecule has 0 atom stereocenters. The summed E-state index contributed by atoms with van der Waals surface area (Å²) in [6.07, 6.45) is 0. The third kappa shape index (κ3) is 1.95. The highest BCUT2D eigenvalue weighted by Gasteiger charge is 2.17. The second-order valence-corrected chi connectivity index (χ2v) is 7.66. The molecule has 0 saturated heterocycles. The Morgan fingerprint density at radius 1 is 0.955 bits per heavy atom. The zero-order valence-corrected chi connectivity index (χ0v) is 13.6. The molecule has 2 aromatic heterocycles. The van der Waals surface area contributed by atoms with Crippen molar-refractivity contribution < 1.29 is 0 Å². The van der Waals surface area contributed by atoms with Crippen LogP contribution < -0.4 is 11.2 Å². The van der Waals surface area contributed by atoms with Gasteiger partial charge in [-0.25, -0.2) is 0 Å². The van der Waals surface area contributed by atoms with Crippen molar-refractivity contribution in [2.45, 2.75) is 6.92 Å².